The minimum absolute atomic E-state index is 0.0666. The number of hydrogen-bond donors (Lipinski definition) is 2. The van der Waals surface area contributed by atoms with E-state index in [4.69, 9.17) is 15.0 Å². The molecule has 0 aromatic heterocycles. The first-order valence-corrected chi connectivity index (χ1v) is 7.64. The quantitative estimate of drug-likeness (QED) is 0.823. The molecule has 1 atom stereocenters. The molecule has 0 heterocycles. The van der Waals surface area contributed by atoms with Gasteiger partial charge in [-0.25, -0.2) is 0 Å². The minimum Gasteiger partial charge on any atom is -0.377 e. The molecule has 0 aliphatic heterocycles. The van der Waals surface area contributed by atoms with Crippen molar-refractivity contribution in [2.75, 3.05) is 6.61 Å². The maximum atomic E-state index is 10.5. The van der Waals surface area contributed by atoms with Gasteiger partial charge in [-0.15, -0.1) is 0 Å². The molecule has 108 valence electrons. The Labute approximate surface area is 114 Å². The van der Waals surface area contributed by atoms with Crippen LogP contribution in [0.5, 0.6) is 0 Å². The molecule has 19 heavy (non-hydrogen) atoms. The molecule has 2 rings (SSSR count). The zero-order valence-electron chi connectivity index (χ0n) is 11.2. The molecule has 0 spiro atoms. The van der Waals surface area contributed by atoms with Crippen LogP contribution in [0.1, 0.15) is 25.3 Å². The summed E-state index contributed by atoms with van der Waals surface area (Å²) in [7, 11) is -4.02. The van der Waals surface area contributed by atoms with Crippen LogP contribution in [0.15, 0.2) is 29.2 Å². The normalized spacial score (nSPS) is 16.4. The third kappa shape index (κ3) is 7.27. The first kappa shape index (κ1) is 16.1. The Kier molecular flexibility index (Phi) is 5.93. The van der Waals surface area contributed by atoms with Gasteiger partial charge in [0.2, 0.25) is 0 Å². The number of nitrogens with two attached hydrogens (primary N) is 1. The second-order valence-corrected chi connectivity index (χ2v) is 6.22. The van der Waals surface area contributed by atoms with E-state index in [9.17, 15) is 8.42 Å². The zero-order chi connectivity index (χ0) is 14.5. The van der Waals surface area contributed by atoms with Crippen LogP contribution < -0.4 is 5.73 Å². The molecule has 0 radical (unpaired) electrons. The Hall–Kier alpha value is -0.950. The van der Waals surface area contributed by atoms with Gasteiger partial charge in [-0.1, -0.05) is 17.7 Å². The predicted octanol–water partition coefficient (Wildman–Crippen LogP) is 1.75. The van der Waals surface area contributed by atoms with E-state index in [2.05, 4.69) is 0 Å². The van der Waals surface area contributed by atoms with Gasteiger partial charge in [-0.2, -0.15) is 8.42 Å². The highest BCUT2D eigenvalue weighted by atomic mass is 32.2. The van der Waals surface area contributed by atoms with E-state index >= 15 is 0 Å². The highest BCUT2D eigenvalue weighted by Gasteiger charge is 2.21. The summed E-state index contributed by atoms with van der Waals surface area (Å²) in [5.74, 6) is 0. The summed E-state index contributed by atoms with van der Waals surface area (Å²) >= 11 is 0. The summed E-state index contributed by atoms with van der Waals surface area (Å²) < 4.78 is 34.8. The van der Waals surface area contributed by atoms with Gasteiger partial charge in [0.15, 0.2) is 0 Å². The molecule has 1 aliphatic carbocycles. The number of ether oxygens (including phenoxy) is 1. The van der Waals surface area contributed by atoms with Crippen molar-refractivity contribution in [1.29, 1.82) is 0 Å². The molecule has 0 bridgehead atoms. The Bertz CT molecular complexity index is 476. The standard InChI is InChI=1S/C7H8O3S.C6H13NO/c1-6-2-4-7(5-3-6)11(8,9)10;1-5(7)4-8-6-2-3-6/h2-5H,1H3,(H,8,9,10);5-6H,2-4,7H2,1H3/t;5-/m.0/s1. The van der Waals surface area contributed by atoms with Gasteiger partial charge in [0, 0.05) is 6.04 Å². The number of benzene rings is 1. The van der Waals surface area contributed by atoms with Crippen LogP contribution in [0.4, 0.5) is 0 Å². The lowest BCUT2D eigenvalue weighted by Crippen LogP contribution is -2.22. The Morgan fingerprint density at radius 2 is 1.89 bits per heavy atom. The molecule has 1 aromatic rings. The highest BCUT2D eigenvalue weighted by molar-refractivity contribution is 7.85. The lowest BCUT2D eigenvalue weighted by Gasteiger charge is -2.03. The lowest BCUT2D eigenvalue weighted by atomic mass is 10.2. The third-order valence-electron chi connectivity index (χ3n) is 2.44. The summed E-state index contributed by atoms with van der Waals surface area (Å²) in [6.07, 6.45) is 3.04. The third-order valence-corrected chi connectivity index (χ3v) is 3.31. The van der Waals surface area contributed by atoms with E-state index in [-0.39, 0.29) is 10.9 Å². The van der Waals surface area contributed by atoms with Gasteiger partial charge in [-0.05, 0) is 38.8 Å². The van der Waals surface area contributed by atoms with Gasteiger partial charge < -0.3 is 10.5 Å². The second kappa shape index (κ2) is 7.00. The van der Waals surface area contributed by atoms with Crippen molar-refractivity contribution in [2.45, 2.75) is 43.7 Å². The van der Waals surface area contributed by atoms with E-state index < -0.39 is 10.1 Å². The maximum Gasteiger partial charge on any atom is 0.294 e. The zero-order valence-corrected chi connectivity index (χ0v) is 12.1. The number of rotatable bonds is 4. The van der Waals surface area contributed by atoms with Gasteiger partial charge in [0.1, 0.15) is 0 Å². The second-order valence-electron chi connectivity index (χ2n) is 4.80. The fraction of sp³-hybridized carbons (Fsp3) is 0.538. The van der Waals surface area contributed by atoms with Crippen LogP contribution in [0, 0.1) is 6.92 Å². The van der Waals surface area contributed by atoms with E-state index in [0.717, 1.165) is 12.2 Å². The smallest absolute Gasteiger partial charge is 0.294 e. The monoisotopic (exact) mass is 287 g/mol. The fourth-order valence-corrected chi connectivity index (χ4v) is 1.71. The maximum absolute atomic E-state index is 10.5. The molecule has 0 amide bonds. The molecule has 0 unspecified atom stereocenters. The average Bonchev–Trinajstić information content (AvgIpc) is 3.10. The Morgan fingerprint density at radius 3 is 2.26 bits per heavy atom. The van der Waals surface area contributed by atoms with Gasteiger partial charge in [0.25, 0.3) is 10.1 Å². The summed E-state index contributed by atoms with van der Waals surface area (Å²) in [6, 6.07) is 6.19. The molecule has 1 fully saturated rings. The summed E-state index contributed by atoms with van der Waals surface area (Å²) in [5.41, 5.74) is 6.40. The predicted molar refractivity (Wildman–Crippen MR) is 73.6 cm³/mol. The SMILES string of the molecule is C[C@H](N)COC1CC1.Cc1ccc(S(=O)(=O)O)cc1. The topological polar surface area (TPSA) is 89.6 Å². The molecule has 1 aliphatic rings. The van der Waals surface area contributed by atoms with Crippen molar-refractivity contribution in [3.63, 3.8) is 0 Å². The van der Waals surface area contributed by atoms with Crippen LogP contribution >= 0.6 is 0 Å². The summed E-state index contributed by atoms with van der Waals surface area (Å²) in [4.78, 5) is -0.0666. The Morgan fingerprint density at radius 1 is 1.37 bits per heavy atom. The van der Waals surface area contributed by atoms with E-state index in [1.165, 1.54) is 25.0 Å². The summed E-state index contributed by atoms with van der Waals surface area (Å²) in [6.45, 7) is 4.53. The molecule has 1 aromatic carbocycles. The van der Waals surface area contributed by atoms with Gasteiger partial charge in [-0.3, -0.25) is 4.55 Å². The number of hydrogen-bond acceptors (Lipinski definition) is 4. The van der Waals surface area contributed by atoms with Crippen molar-refractivity contribution < 1.29 is 17.7 Å². The van der Waals surface area contributed by atoms with Crippen molar-refractivity contribution in [3.05, 3.63) is 29.8 Å². The van der Waals surface area contributed by atoms with Crippen LogP contribution in [-0.2, 0) is 14.9 Å². The van der Waals surface area contributed by atoms with Crippen molar-refractivity contribution in [1.82, 2.24) is 0 Å². The molecule has 3 N–H and O–H groups in total. The fourth-order valence-electron chi connectivity index (χ4n) is 1.23. The van der Waals surface area contributed by atoms with E-state index in [1.54, 1.807) is 12.1 Å². The van der Waals surface area contributed by atoms with Gasteiger partial charge >= 0.3 is 0 Å². The van der Waals surface area contributed by atoms with Crippen LogP contribution in [0.3, 0.4) is 0 Å². The first-order chi connectivity index (χ1) is 8.79. The van der Waals surface area contributed by atoms with Crippen LogP contribution in [0.25, 0.3) is 0 Å². The first-order valence-electron chi connectivity index (χ1n) is 6.20. The molecular formula is C13H21NO4S. The van der Waals surface area contributed by atoms with E-state index in [0.29, 0.717) is 6.10 Å². The highest BCUT2D eigenvalue weighted by Crippen LogP contribution is 2.23. The molecule has 0 saturated heterocycles. The van der Waals surface area contributed by atoms with Gasteiger partial charge in [0.05, 0.1) is 17.6 Å². The Balaban J connectivity index is 0.000000200. The minimum atomic E-state index is -4.02. The number of aryl methyl sites for hydroxylation is 1. The average molecular weight is 287 g/mol. The van der Waals surface area contributed by atoms with Crippen LogP contribution in [0.2, 0.25) is 0 Å². The molecule has 6 heteroatoms. The van der Waals surface area contributed by atoms with Crippen molar-refractivity contribution in [3.8, 4) is 0 Å². The van der Waals surface area contributed by atoms with Crippen molar-refractivity contribution in [2.24, 2.45) is 5.73 Å². The van der Waals surface area contributed by atoms with E-state index in [1.807, 2.05) is 13.8 Å². The molecular weight excluding hydrogens is 266 g/mol. The largest absolute Gasteiger partial charge is 0.377 e. The van der Waals surface area contributed by atoms with Crippen LogP contribution in [-0.4, -0.2) is 31.7 Å². The molecule has 1 saturated carbocycles. The molecule has 5 nitrogen and oxygen atoms in total. The summed E-state index contributed by atoms with van der Waals surface area (Å²) in [5, 5.41) is 0. The van der Waals surface area contributed by atoms with Crippen molar-refractivity contribution >= 4 is 10.1 Å². The lowest BCUT2D eigenvalue weighted by molar-refractivity contribution is 0.110.